The Hall–Kier alpha value is -1.28. The van der Waals surface area contributed by atoms with Crippen LogP contribution in [0.4, 0.5) is 0 Å². The van der Waals surface area contributed by atoms with Crippen LogP contribution in [0.25, 0.3) is 11.0 Å². The number of hydrogen-bond acceptors (Lipinski definition) is 2. The van der Waals surface area contributed by atoms with Crippen LogP contribution in [0, 0.1) is 13.0 Å². The lowest BCUT2D eigenvalue weighted by Crippen LogP contribution is -1.81. The highest BCUT2D eigenvalue weighted by Gasteiger charge is 2.07. The van der Waals surface area contributed by atoms with Crippen molar-refractivity contribution in [2.45, 2.75) is 13.5 Å². The lowest BCUT2D eigenvalue weighted by Gasteiger charge is -1.90. The number of hydrogen-bond donors (Lipinski definition) is 1. The molecule has 0 fully saturated rings. The van der Waals surface area contributed by atoms with Gasteiger partial charge < -0.3 is 9.52 Å². The summed E-state index contributed by atoms with van der Waals surface area (Å²) in [6.07, 6.45) is 0. The Labute approximate surface area is 70.4 Å². The fraction of sp³-hybridized carbons (Fsp3) is 0.200. The number of aliphatic hydroxyl groups is 1. The molecule has 1 heterocycles. The van der Waals surface area contributed by atoms with Gasteiger partial charge in [0.05, 0.1) is 6.61 Å². The first-order valence-electron chi connectivity index (χ1n) is 3.82. The summed E-state index contributed by atoms with van der Waals surface area (Å²) in [4.78, 5) is 0. The average molecular weight is 161 g/mol. The molecule has 0 saturated carbocycles. The number of fused-ring (bicyclic) bond motifs is 1. The van der Waals surface area contributed by atoms with Crippen LogP contribution >= 0.6 is 0 Å². The quantitative estimate of drug-likeness (QED) is 0.694. The van der Waals surface area contributed by atoms with Gasteiger partial charge in [-0.3, -0.25) is 0 Å². The van der Waals surface area contributed by atoms with Gasteiger partial charge >= 0.3 is 0 Å². The molecule has 1 radical (unpaired) electrons. The van der Waals surface area contributed by atoms with Crippen LogP contribution in [0.2, 0.25) is 0 Å². The third-order valence-electron chi connectivity index (χ3n) is 2.00. The van der Waals surface area contributed by atoms with Gasteiger partial charge in [0.2, 0.25) is 0 Å². The Morgan fingerprint density at radius 2 is 2.42 bits per heavy atom. The van der Waals surface area contributed by atoms with Crippen LogP contribution in [0.1, 0.15) is 11.3 Å². The molecule has 2 rings (SSSR count). The first-order valence-corrected chi connectivity index (χ1v) is 3.82. The van der Waals surface area contributed by atoms with Crippen molar-refractivity contribution < 1.29 is 9.52 Å². The van der Waals surface area contributed by atoms with Crippen LogP contribution in [0.15, 0.2) is 22.6 Å². The molecule has 0 unspecified atom stereocenters. The van der Waals surface area contributed by atoms with Gasteiger partial charge in [0.1, 0.15) is 11.3 Å². The van der Waals surface area contributed by atoms with Crippen LogP contribution in [0.5, 0.6) is 0 Å². The number of furan rings is 1. The molecule has 2 nitrogen and oxygen atoms in total. The molecule has 2 aromatic rings. The summed E-state index contributed by atoms with van der Waals surface area (Å²) in [5.41, 5.74) is 1.68. The number of aliphatic hydroxyl groups excluding tert-OH is 1. The SMILES string of the molecule is Cc1oc2cc[c]cc2c1CO. The standard InChI is InChI=1S/C10H9O2/c1-7-9(6-11)8-4-2-3-5-10(8)12-7/h3-5,11H,6H2,1H3. The molecule has 1 N–H and O–H groups in total. The van der Waals surface area contributed by atoms with Crippen LogP contribution in [-0.4, -0.2) is 5.11 Å². The van der Waals surface area contributed by atoms with Gasteiger partial charge in [-0.05, 0) is 25.1 Å². The molecule has 0 spiro atoms. The zero-order chi connectivity index (χ0) is 8.55. The molecule has 0 amide bonds. The van der Waals surface area contributed by atoms with E-state index >= 15 is 0 Å². The maximum atomic E-state index is 9.03. The van der Waals surface area contributed by atoms with Gasteiger partial charge in [-0.25, -0.2) is 0 Å². The van der Waals surface area contributed by atoms with Crippen molar-refractivity contribution in [3.8, 4) is 0 Å². The van der Waals surface area contributed by atoms with E-state index in [2.05, 4.69) is 6.07 Å². The van der Waals surface area contributed by atoms with Gasteiger partial charge in [0, 0.05) is 10.9 Å². The largest absolute Gasteiger partial charge is 0.461 e. The van der Waals surface area contributed by atoms with E-state index in [9.17, 15) is 0 Å². The Morgan fingerprint density at radius 1 is 1.58 bits per heavy atom. The smallest absolute Gasteiger partial charge is 0.134 e. The fourth-order valence-electron chi connectivity index (χ4n) is 1.35. The van der Waals surface area contributed by atoms with Crippen molar-refractivity contribution in [1.82, 2.24) is 0 Å². The minimum absolute atomic E-state index is 0.0245. The van der Waals surface area contributed by atoms with E-state index in [1.165, 1.54) is 0 Å². The van der Waals surface area contributed by atoms with Gasteiger partial charge in [-0.2, -0.15) is 0 Å². The molecule has 0 aliphatic heterocycles. The van der Waals surface area contributed by atoms with Gasteiger partial charge in [-0.15, -0.1) is 0 Å². The van der Waals surface area contributed by atoms with Crippen LogP contribution in [0.3, 0.4) is 0 Å². The molecule has 0 atom stereocenters. The summed E-state index contributed by atoms with van der Waals surface area (Å²) in [6.45, 7) is 1.88. The Morgan fingerprint density at radius 3 is 3.17 bits per heavy atom. The summed E-state index contributed by atoms with van der Waals surface area (Å²) < 4.78 is 5.41. The molecule has 0 aliphatic rings. The van der Waals surface area contributed by atoms with E-state index in [-0.39, 0.29) is 6.61 Å². The van der Waals surface area contributed by atoms with E-state index in [1.54, 1.807) is 6.07 Å². The molecule has 1 aromatic carbocycles. The summed E-state index contributed by atoms with van der Waals surface area (Å²) in [7, 11) is 0. The molecule has 0 aliphatic carbocycles. The summed E-state index contributed by atoms with van der Waals surface area (Å²) in [5.74, 6) is 0.784. The normalized spacial score (nSPS) is 10.8. The molecular weight excluding hydrogens is 152 g/mol. The minimum atomic E-state index is 0.0245. The molecule has 1 aromatic heterocycles. The molecule has 0 bridgehead atoms. The third kappa shape index (κ3) is 0.924. The molecule has 2 heteroatoms. The fourth-order valence-corrected chi connectivity index (χ4v) is 1.35. The predicted octanol–water partition coefficient (Wildman–Crippen LogP) is 2.03. The second kappa shape index (κ2) is 2.64. The van der Waals surface area contributed by atoms with Crippen LogP contribution < -0.4 is 0 Å². The van der Waals surface area contributed by atoms with E-state index in [4.69, 9.17) is 9.52 Å². The third-order valence-corrected chi connectivity index (χ3v) is 2.00. The maximum Gasteiger partial charge on any atom is 0.134 e. The number of aryl methyl sites for hydroxylation is 1. The van der Waals surface area contributed by atoms with Gasteiger partial charge in [-0.1, -0.05) is 6.07 Å². The highest BCUT2D eigenvalue weighted by molar-refractivity contribution is 5.81. The molecule has 61 valence electrons. The van der Waals surface area contributed by atoms with Crippen molar-refractivity contribution >= 4 is 11.0 Å². The predicted molar refractivity (Wildman–Crippen MR) is 45.7 cm³/mol. The van der Waals surface area contributed by atoms with E-state index in [0.717, 1.165) is 22.3 Å². The summed E-state index contributed by atoms with van der Waals surface area (Å²) >= 11 is 0. The zero-order valence-corrected chi connectivity index (χ0v) is 6.79. The maximum absolute atomic E-state index is 9.03. The van der Waals surface area contributed by atoms with E-state index in [1.807, 2.05) is 19.1 Å². The van der Waals surface area contributed by atoms with E-state index in [0.29, 0.717) is 0 Å². The van der Waals surface area contributed by atoms with Crippen molar-refractivity contribution in [3.05, 3.63) is 35.6 Å². The first-order chi connectivity index (χ1) is 5.83. The second-order valence-corrected chi connectivity index (χ2v) is 2.72. The Balaban J connectivity index is 2.81. The van der Waals surface area contributed by atoms with E-state index < -0.39 is 0 Å². The molecule has 12 heavy (non-hydrogen) atoms. The topological polar surface area (TPSA) is 33.4 Å². The lowest BCUT2D eigenvalue weighted by atomic mass is 10.1. The van der Waals surface area contributed by atoms with Crippen molar-refractivity contribution in [2.24, 2.45) is 0 Å². The highest BCUT2D eigenvalue weighted by atomic mass is 16.3. The Kier molecular flexibility index (Phi) is 1.62. The van der Waals surface area contributed by atoms with Crippen molar-refractivity contribution in [2.75, 3.05) is 0 Å². The Bertz CT molecular complexity index is 401. The summed E-state index contributed by atoms with van der Waals surface area (Å²) in [6, 6.07) is 8.43. The molecule has 0 saturated heterocycles. The van der Waals surface area contributed by atoms with Crippen LogP contribution in [-0.2, 0) is 6.61 Å². The lowest BCUT2D eigenvalue weighted by molar-refractivity contribution is 0.280. The minimum Gasteiger partial charge on any atom is -0.461 e. The molecular formula is C10H9O2. The van der Waals surface area contributed by atoms with Gasteiger partial charge in [0.15, 0.2) is 0 Å². The second-order valence-electron chi connectivity index (χ2n) is 2.72. The van der Waals surface area contributed by atoms with Gasteiger partial charge in [0.25, 0.3) is 0 Å². The van der Waals surface area contributed by atoms with Crippen molar-refractivity contribution in [1.29, 1.82) is 0 Å². The number of benzene rings is 1. The zero-order valence-electron chi connectivity index (χ0n) is 6.79. The number of rotatable bonds is 1. The first kappa shape index (κ1) is 7.37. The average Bonchev–Trinajstić information content (AvgIpc) is 2.40. The summed E-state index contributed by atoms with van der Waals surface area (Å²) in [5, 5.41) is 9.99. The highest BCUT2D eigenvalue weighted by Crippen LogP contribution is 2.24. The monoisotopic (exact) mass is 161 g/mol. The van der Waals surface area contributed by atoms with Crippen molar-refractivity contribution in [3.63, 3.8) is 0 Å².